The third-order valence-corrected chi connectivity index (χ3v) is 4.29. The molecule has 0 amide bonds. The summed E-state index contributed by atoms with van der Waals surface area (Å²) in [6.45, 7) is 1.39. The van der Waals surface area contributed by atoms with Gasteiger partial charge < -0.3 is 4.74 Å². The highest BCUT2D eigenvalue weighted by Gasteiger charge is 2.10. The smallest absolute Gasteiger partial charge is 0.321 e. The number of nitrogens with one attached hydrogen (secondary N) is 1. The molecule has 132 valence electrons. The molecule has 0 aliphatic heterocycles. The van der Waals surface area contributed by atoms with Crippen LogP contribution in [0.5, 0.6) is 0 Å². The predicted molar refractivity (Wildman–Crippen MR) is 93.3 cm³/mol. The number of carbonyl (C=O) groups is 1. The van der Waals surface area contributed by atoms with E-state index in [-0.39, 0.29) is 12.4 Å². The molecule has 1 N–H and O–H groups in total. The van der Waals surface area contributed by atoms with Gasteiger partial charge in [0.2, 0.25) is 10.0 Å². The molecule has 0 saturated heterocycles. The van der Waals surface area contributed by atoms with Crippen LogP contribution < -0.4 is 4.72 Å². The van der Waals surface area contributed by atoms with Crippen LogP contribution in [0.2, 0.25) is 0 Å². The van der Waals surface area contributed by atoms with E-state index < -0.39 is 22.5 Å². The first-order valence-corrected chi connectivity index (χ1v) is 9.03. The van der Waals surface area contributed by atoms with E-state index in [2.05, 4.69) is 4.72 Å². The fraction of sp³-hybridized carbons (Fsp3) is 0.167. The van der Waals surface area contributed by atoms with Gasteiger partial charge >= 0.3 is 5.97 Å². The average molecular weight is 363 g/mol. The lowest BCUT2D eigenvalue weighted by Crippen LogP contribution is -2.29. The number of rotatable bonds is 7. The third-order valence-electron chi connectivity index (χ3n) is 3.25. The van der Waals surface area contributed by atoms with E-state index in [1.54, 1.807) is 12.1 Å². The van der Waals surface area contributed by atoms with Crippen molar-refractivity contribution in [3.05, 3.63) is 76.4 Å². The summed E-state index contributed by atoms with van der Waals surface area (Å²) in [7, 11) is -3.75. The first kappa shape index (κ1) is 18.8. The van der Waals surface area contributed by atoms with Crippen molar-refractivity contribution >= 4 is 22.1 Å². The standard InChI is InChI=1S/C18H18FNO4S/c1-14-2-4-15(5-3-14)10-11-25(22,23)20-12-18(21)24-13-16-6-8-17(19)9-7-16/h2-11,20H,12-13H2,1H3/b11-10+. The maximum Gasteiger partial charge on any atom is 0.321 e. The number of benzene rings is 2. The molecule has 5 nitrogen and oxygen atoms in total. The van der Waals surface area contributed by atoms with E-state index in [0.29, 0.717) is 5.56 Å². The maximum atomic E-state index is 12.8. The molecule has 0 spiro atoms. The van der Waals surface area contributed by atoms with E-state index in [4.69, 9.17) is 4.74 Å². The van der Waals surface area contributed by atoms with Crippen LogP contribution in [-0.4, -0.2) is 20.9 Å². The van der Waals surface area contributed by atoms with Crippen molar-refractivity contribution in [2.45, 2.75) is 13.5 Å². The summed E-state index contributed by atoms with van der Waals surface area (Å²) >= 11 is 0. The number of hydrogen-bond donors (Lipinski definition) is 1. The Morgan fingerprint density at radius 3 is 2.40 bits per heavy atom. The molecule has 25 heavy (non-hydrogen) atoms. The van der Waals surface area contributed by atoms with Crippen molar-refractivity contribution in [2.24, 2.45) is 0 Å². The number of ether oxygens (including phenoxy) is 1. The molecule has 0 aliphatic rings. The Bertz CT molecular complexity index is 844. The largest absolute Gasteiger partial charge is 0.460 e. The van der Waals surface area contributed by atoms with Gasteiger partial charge in [0.1, 0.15) is 19.0 Å². The second kappa shape index (κ2) is 8.55. The average Bonchev–Trinajstić information content (AvgIpc) is 2.59. The van der Waals surface area contributed by atoms with Crippen molar-refractivity contribution in [2.75, 3.05) is 6.54 Å². The minimum Gasteiger partial charge on any atom is -0.460 e. The van der Waals surface area contributed by atoms with Crippen LogP contribution in [0.25, 0.3) is 6.08 Å². The second-order valence-corrected chi connectivity index (χ2v) is 7.02. The Morgan fingerprint density at radius 1 is 1.12 bits per heavy atom. The molecule has 0 bridgehead atoms. The van der Waals surface area contributed by atoms with Crippen LogP contribution in [0.3, 0.4) is 0 Å². The summed E-state index contributed by atoms with van der Waals surface area (Å²) in [5.41, 5.74) is 2.41. The Balaban J connectivity index is 1.81. The van der Waals surface area contributed by atoms with Crippen molar-refractivity contribution < 1.29 is 22.3 Å². The Hall–Kier alpha value is -2.51. The molecule has 0 aliphatic carbocycles. The van der Waals surface area contributed by atoms with E-state index in [9.17, 15) is 17.6 Å². The van der Waals surface area contributed by atoms with Crippen LogP contribution in [0, 0.1) is 12.7 Å². The second-order valence-electron chi connectivity index (χ2n) is 5.37. The number of halogens is 1. The maximum absolute atomic E-state index is 12.8. The van der Waals surface area contributed by atoms with Gasteiger partial charge in [0, 0.05) is 5.41 Å². The summed E-state index contributed by atoms with van der Waals surface area (Å²) in [5, 5.41) is 0.991. The molecule has 0 atom stereocenters. The summed E-state index contributed by atoms with van der Waals surface area (Å²) in [5.74, 6) is -1.11. The first-order chi connectivity index (χ1) is 11.8. The van der Waals surface area contributed by atoms with Crippen molar-refractivity contribution in [3.8, 4) is 0 Å². The van der Waals surface area contributed by atoms with Crippen LogP contribution >= 0.6 is 0 Å². The minimum atomic E-state index is -3.75. The monoisotopic (exact) mass is 363 g/mol. The van der Waals surface area contributed by atoms with Crippen molar-refractivity contribution in [1.29, 1.82) is 0 Å². The van der Waals surface area contributed by atoms with Crippen LogP contribution in [-0.2, 0) is 26.2 Å². The molecule has 0 radical (unpaired) electrons. The van der Waals surface area contributed by atoms with Crippen LogP contribution in [0.1, 0.15) is 16.7 Å². The van der Waals surface area contributed by atoms with Crippen molar-refractivity contribution in [3.63, 3.8) is 0 Å². The highest BCUT2D eigenvalue weighted by Crippen LogP contribution is 2.06. The molecule has 2 aromatic rings. The van der Waals surface area contributed by atoms with E-state index in [0.717, 1.165) is 16.5 Å². The molecule has 2 rings (SSSR count). The molecule has 0 aromatic heterocycles. The Morgan fingerprint density at radius 2 is 1.76 bits per heavy atom. The lowest BCUT2D eigenvalue weighted by Gasteiger charge is -2.05. The topological polar surface area (TPSA) is 72.5 Å². The minimum absolute atomic E-state index is 0.0555. The van der Waals surface area contributed by atoms with Crippen LogP contribution in [0.15, 0.2) is 53.9 Å². The zero-order valence-electron chi connectivity index (χ0n) is 13.6. The van der Waals surface area contributed by atoms with Gasteiger partial charge in [-0.25, -0.2) is 17.5 Å². The van der Waals surface area contributed by atoms with Gasteiger partial charge in [0.25, 0.3) is 0 Å². The van der Waals surface area contributed by atoms with Gasteiger partial charge in [-0.05, 0) is 36.3 Å². The normalized spacial score (nSPS) is 11.6. The quantitative estimate of drug-likeness (QED) is 0.768. The predicted octanol–water partition coefficient (Wildman–Crippen LogP) is 2.77. The summed E-state index contributed by atoms with van der Waals surface area (Å²) in [4.78, 5) is 11.6. The fourth-order valence-electron chi connectivity index (χ4n) is 1.85. The molecule has 7 heteroatoms. The van der Waals surface area contributed by atoms with Crippen molar-refractivity contribution in [1.82, 2.24) is 4.72 Å². The van der Waals surface area contributed by atoms with E-state index in [1.807, 2.05) is 19.1 Å². The molecule has 0 saturated carbocycles. The summed E-state index contributed by atoms with van der Waals surface area (Å²) < 4.78 is 43.5. The zero-order valence-corrected chi connectivity index (χ0v) is 14.4. The van der Waals surface area contributed by atoms with Gasteiger partial charge in [-0.2, -0.15) is 0 Å². The van der Waals surface area contributed by atoms with E-state index in [1.165, 1.54) is 30.3 Å². The number of esters is 1. The van der Waals surface area contributed by atoms with Gasteiger partial charge in [-0.15, -0.1) is 0 Å². The molecule has 2 aromatic carbocycles. The fourth-order valence-corrected chi connectivity index (χ4v) is 2.60. The lowest BCUT2D eigenvalue weighted by atomic mass is 10.2. The van der Waals surface area contributed by atoms with Gasteiger partial charge in [0.05, 0.1) is 0 Å². The van der Waals surface area contributed by atoms with Gasteiger partial charge in [-0.1, -0.05) is 42.0 Å². The molecule has 0 unspecified atom stereocenters. The molecule has 0 fully saturated rings. The third kappa shape index (κ3) is 6.86. The zero-order chi connectivity index (χ0) is 18.3. The van der Waals surface area contributed by atoms with E-state index >= 15 is 0 Å². The molecular formula is C18H18FNO4S. The SMILES string of the molecule is Cc1ccc(/C=C/S(=O)(=O)NCC(=O)OCc2ccc(F)cc2)cc1. The highest BCUT2D eigenvalue weighted by atomic mass is 32.2. The summed E-state index contributed by atoms with van der Waals surface area (Å²) in [6, 6.07) is 12.8. The lowest BCUT2D eigenvalue weighted by molar-refractivity contribution is -0.143. The Kier molecular flexibility index (Phi) is 6.44. The number of sulfonamides is 1. The Labute approximate surface area is 146 Å². The van der Waals surface area contributed by atoms with Gasteiger partial charge in [-0.3, -0.25) is 4.79 Å². The number of carbonyl (C=O) groups excluding carboxylic acids is 1. The first-order valence-electron chi connectivity index (χ1n) is 7.48. The number of aryl methyl sites for hydroxylation is 1. The highest BCUT2D eigenvalue weighted by molar-refractivity contribution is 7.92. The van der Waals surface area contributed by atoms with Gasteiger partial charge in [0.15, 0.2) is 0 Å². The molecule has 0 heterocycles. The molecular weight excluding hydrogens is 345 g/mol. The summed E-state index contributed by atoms with van der Waals surface area (Å²) in [6.07, 6.45) is 1.44. The van der Waals surface area contributed by atoms with Crippen LogP contribution in [0.4, 0.5) is 4.39 Å². The number of hydrogen-bond acceptors (Lipinski definition) is 4.